The van der Waals surface area contributed by atoms with E-state index in [0.29, 0.717) is 18.9 Å². The highest BCUT2D eigenvalue weighted by molar-refractivity contribution is 5.72. The van der Waals surface area contributed by atoms with Gasteiger partial charge in [0.15, 0.2) is 5.82 Å². The van der Waals surface area contributed by atoms with Gasteiger partial charge >= 0.3 is 5.97 Å². The molecular formula is C10H17N5O2. The lowest BCUT2D eigenvalue weighted by Crippen LogP contribution is -2.38. The highest BCUT2D eigenvalue weighted by Crippen LogP contribution is 2.18. The normalized spacial score (nSPS) is 21.4. The molecule has 0 radical (unpaired) electrons. The van der Waals surface area contributed by atoms with Gasteiger partial charge in [0.1, 0.15) is 0 Å². The number of ether oxygens (including phenoxy) is 1. The summed E-state index contributed by atoms with van der Waals surface area (Å²) in [7, 11) is 3.18. The summed E-state index contributed by atoms with van der Waals surface area (Å²) in [5.74, 6) is 0.547. The first-order valence-corrected chi connectivity index (χ1v) is 5.72. The van der Waals surface area contributed by atoms with Crippen molar-refractivity contribution in [2.45, 2.75) is 19.4 Å². The minimum Gasteiger partial charge on any atom is -0.469 e. The molecule has 7 nitrogen and oxygen atoms in total. The van der Waals surface area contributed by atoms with Crippen molar-refractivity contribution in [3.05, 3.63) is 5.82 Å². The molecule has 7 heteroatoms. The molecule has 1 fully saturated rings. The third kappa shape index (κ3) is 3.00. The van der Waals surface area contributed by atoms with Crippen molar-refractivity contribution in [1.29, 1.82) is 0 Å². The van der Waals surface area contributed by atoms with Crippen LogP contribution in [-0.4, -0.2) is 51.3 Å². The van der Waals surface area contributed by atoms with E-state index in [0.717, 1.165) is 19.4 Å². The van der Waals surface area contributed by atoms with Gasteiger partial charge in [-0.1, -0.05) is 0 Å². The third-order valence-corrected chi connectivity index (χ3v) is 2.95. The van der Waals surface area contributed by atoms with Crippen molar-refractivity contribution in [2.24, 2.45) is 13.0 Å². The number of hydrogen-bond acceptors (Lipinski definition) is 6. The van der Waals surface area contributed by atoms with Crippen LogP contribution in [0, 0.1) is 5.92 Å². The van der Waals surface area contributed by atoms with Crippen LogP contribution < -0.4 is 0 Å². The smallest absolute Gasteiger partial charge is 0.309 e. The van der Waals surface area contributed by atoms with E-state index in [-0.39, 0.29) is 11.9 Å². The number of aryl methyl sites for hydroxylation is 1. The molecule has 17 heavy (non-hydrogen) atoms. The van der Waals surface area contributed by atoms with Crippen molar-refractivity contribution in [3.8, 4) is 0 Å². The summed E-state index contributed by atoms with van der Waals surface area (Å²) in [6, 6.07) is 0. The predicted molar refractivity (Wildman–Crippen MR) is 58.8 cm³/mol. The second-order valence-corrected chi connectivity index (χ2v) is 4.29. The van der Waals surface area contributed by atoms with Gasteiger partial charge in [0.25, 0.3) is 0 Å². The summed E-state index contributed by atoms with van der Waals surface area (Å²) in [6.45, 7) is 2.32. The maximum atomic E-state index is 11.5. The van der Waals surface area contributed by atoms with Gasteiger partial charge in [-0.3, -0.25) is 9.69 Å². The van der Waals surface area contributed by atoms with Crippen LogP contribution in [0.3, 0.4) is 0 Å². The molecule has 1 saturated heterocycles. The van der Waals surface area contributed by atoms with Crippen LogP contribution >= 0.6 is 0 Å². The van der Waals surface area contributed by atoms with E-state index in [4.69, 9.17) is 4.74 Å². The molecule has 0 spiro atoms. The van der Waals surface area contributed by atoms with E-state index >= 15 is 0 Å². The number of aromatic nitrogens is 4. The van der Waals surface area contributed by atoms with Gasteiger partial charge in [-0.2, -0.15) is 4.80 Å². The number of carbonyl (C=O) groups is 1. The molecule has 94 valence electrons. The Balaban J connectivity index is 1.91. The Hall–Kier alpha value is -1.50. The molecule has 1 aliphatic heterocycles. The molecule has 0 amide bonds. The van der Waals surface area contributed by atoms with Crippen LogP contribution in [0.5, 0.6) is 0 Å². The number of methoxy groups -OCH3 is 1. The monoisotopic (exact) mass is 239 g/mol. The lowest BCUT2D eigenvalue weighted by Gasteiger charge is -2.30. The Bertz CT molecular complexity index is 392. The zero-order valence-corrected chi connectivity index (χ0v) is 10.2. The largest absolute Gasteiger partial charge is 0.469 e. The van der Waals surface area contributed by atoms with Crippen LogP contribution in [0.4, 0.5) is 0 Å². The molecule has 0 bridgehead atoms. The fourth-order valence-electron chi connectivity index (χ4n) is 2.14. The first-order valence-electron chi connectivity index (χ1n) is 5.72. The Labute approximate surface area is 99.7 Å². The summed E-state index contributed by atoms with van der Waals surface area (Å²) < 4.78 is 4.78. The average Bonchev–Trinajstić information content (AvgIpc) is 2.74. The Kier molecular flexibility index (Phi) is 3.68. The minimum absolute atomic E-state index is 0.0228. The number of nitrogens with zero attached hydrogens (tertiary/aromatic N) is 5. The molecule has 1 aromatic rings. The molecule has 0 N–H and O–H groups in total. The average molecular weight is 239 g/mol. The van der Waals surface area contributed by atoms with Gasteiger partial charge in [0, 0.05) is 6.54 Å². The SMILES string of the molecule is COC(=O)[C@H]1CCCN(Cc2nnn(C)n2)C1. The number of rotatable bonds is 3. The highest BCUT2D eigenvalue weighted by atomic mass is 16.5. The quantitative estimate of drug-likeness (QED) is 0.668. The zero-order valence-electron chi connectivity index (χ0n) is 10.2. The van der Waals surface area contributed by atoms with Crippen LogP contribution in [0.1, 0.15) is 18.7 Å². The summed E-state index contributed by atoms with van der Waals surface area (Å²) >= 11 is 0. The van der Waals surface area contributed by atoms with Crippen molar-refractivity contribution in [1.82, 2.24) is 25.1 Å². The lowest BCUT2D eigenvalue weighted by atomic mass is 9.98. The van der Waals surface area contributed by atoms with Gasteiger partial charge in [0.2, 0.25) is 0 Å². The maximum absolute atomic E-state index is 11.5. The van der Waals surface area contributed by atoms with E-state index in [2.05, 4.69) is 20.3 Å². The molecule has 1 aromatic heterocycles. The molecule has 1 aliphatic rings. The first kappa shape index (κ1) is 12.0. The van der Waals surface area contributed by atoms with Crippen molar-refractivity contribution in [3.63, 3.8) is 0 Å². The fraction of sp³-hybridized carbons (Fsp3) is 0.800. The molecule has 2 heterocycles. The van der Waals surface area contributed by atoms with Crippen molar-refractivity contribution < 1.29 is 9.53 Å². The third-order valence-electron chi connectivity index (χ3n) is 2.95. The van der Waals surface area contributed by atoms with Crippen molar-refractivity contribution in [2.75, 3.05) is 20.2 Å². The molecule has 2 rings (SSSR count). The molecule has 0 aromatic carbocycles. The van der Waals surface area contributed by atoms with Gasteiger partial charge < -0.3 is 4.74 Å². The number of carbonyl (C=O) groups excluding carboxylic acids is 1. The fourth-order valence-corrected chi connectivity index (χ4v) is 2.14. The summed E-state index contributed by atoms with van der Waals surface area (Å²) in [6.07, 6.45) is 1.90. The summed E-state index contributed by atoms with van der Waals surface area (Å²) in [4.78, 5) is 15.1. The van der Waals surface area contributed by atoms with Gasteiger partial charge in [-0.15, -0.1) is 10.2 Å². The van der Waals surface area contributed by atoms with Crippen molar-refractivity contribution >= 4 is 5.97 Å². The van der Waals surface area contributed by atoms with E-state index in [9.17, 15) is 4.79 Å². The van der Waals surface area contributed by atoms with Gasteiger partial charge in [0.05, 0.1) is 26.6 Å². The second-order valence-electron chi connectivity index (χ2n) is 4.29. The number of hydrogen-bond donors (Lipinski definition) is 0. The molecular weight excluding hydrogens is 222 g/mol. The zero-order chi connectivity index (χ0) is 12.3. The molecule has 0 aliphatic carbocycles. The van der Waals surface area contributed by atoms with E-state index < -0.39 is 0 Å². The number of esters is 1. The molecule has 1 atom stereocenters. The second kappa shape index (κ2) is 5.22. The van der Waals surface area contributed by atoms with Gasteiger partial charge in [-0.25, -0.2) is 0 Å². The predicted octanol–water partition coefficient (Wildman–Crippen LogP) is -0.405. The maximum Gasteiger partial charge on any atom is 0.309 e. The standard InChI is InChI=1S/C10H17N5O2/c1-14-12-9(11-13-14)7-15-5-3-4-8(6-15)10(16)17-2/h8H,3-7H2,1-2H3/t8-/m0/s1. The highest BCUT2D eigenvalue weighted by Gasteiger charge is 2.26. The van der Waals surface area contributed by atoms with E-state index in [1.165, 1.54) is 11.9 Å². The van der Waals surface area contributed by atoms with Gasteiger partial charge in [-0.05, 0) is 24.6 Å². The van der Waals surface area contributed by atoms with Crippen LogP contribution in [0.2, 0.25) is 0 Å². The Morgan fingerprint density at radius 3 is 3.06 bits per heavy atom. The minimum atomic E-state index is -0.123. The number of piperidine rings is 1. The molecule has 0 unspecified atom stereocenters. The van der Waals surface area contributed by atoms with Crippen LogP contribution in [-0.2, 0) is 23.1 Å². The Morgan fingerprint density at radius 1 is 1.59 bits per heavy atom. The number of tetrazole rings is 1. The topological polar surface area (TPSA) is 73.1 Å². The first-order chi connectivity index (χ1) is 8.19. The summed E-state index contributed by atoms with van der Waals surface area (Å²) in [5.41, 5.74) is 0. The van der Waals surface area contributed by atoms with Crippen LogP contribution in [0.25, 0.3) is 0 Å². The van der Waals surface area contributed by atoms with E-state index in [1.54, 1.807) is 7.05 Å². The Morgan fingerprint density at radius 2 is 2.41 bits per heavy atom. The molecule has 0 saturated carbocycles. The van der Waals surface area contributed by atoms with E-state index in [1.807, 2.05) is 0 Å². The lowest BCUT2D eigenvalue weighted by molar-refractivity contribution is -0.147. The van der Waals surface area contributed by atoms with Crippen LogP contribution in [0.15, 0.2) is 0 Å². The number of likely N-dealkylation sites (tertiary alicyclic amines) is 1. The summed E-state index contributed by atoms with van der Waals surface area (Å²) in [5, 5.41) is 11.9.